The molecule has 1 unspecified atom stereocenters. The van der Waals surface area contributed by atoms with Crippen molar-refractivity contribution < 1.29 is 4.79 Å². The maximum Gasteiger partial charge on any atom is 0.199 e. The van der Waals surface area contributed by atoms with Crippen molar-refractivity contribution in [1.82, 2.24) is 0 Å². The molecular weight excluding hydrogens is 324 g/mol. The zero-order valence-electron chi connectivity index (χ0n) is 16.3. The van der Waals surface area contributed by atoms with Gasteiger partial charge in [0.15, 0.2) is 5.12 Å². The van der Waals surface area contributed by atoms with Crippen molar-refractivity contribution >= 4 is 16.9 Å². The molecule has 0 heterocycles. The fourth-order valence-corrected chi connectivity index (χ4v) is 4.43. The third-order valence-electron chi connectivity index (χ3n) is 4.81. The normalized spacial score (nSPS) is 14.4. The second kappa shape index (κ2) is 7.78. The fourth-order valence-electron chi connectivity index (χ4n) is 3.24. The number of benzene rings is 2. The van der Waals surface area contributed by atoms with Crippen molar-refractivity contribution in [3.05, 3.63) is 54.6 Å². The Hall–Kier alpha value is -1.54. The van der Waals surface area contributed by atoms with E-state index in [9.17, 15) is 4.79 Å². The van der Waals surface area contributed by atoms with Crippen LogP contribution in [0.1, 0.15) is 48.0 Å². The Morgan fingerprint density at radius 1 is 0.920 bits per heavy atom. The molecular formula is C23H30OS. The number of hydrogen-bond donors (Lipinski definition) is 0. The number of carbonyl (C=O) groups is 1. The molecule has 0 aliphatic heterocycles. The van der Waals surface area contributed by atoms with E-state index in [2.05, 4.69) is 65.8 Å². The predicted molar refractivity (Wildman–Crippen MR) is 110 cm³/mol. The van der Waals surface area contributed by atoms with Crippen molar-refractivity contribution in [1.29, 1.82) is 0 Å². The summed E-state index contributed by atoms with van der Waals surface area (Å²) >= 11 is 1.40. The van der Waals surface area contributed by atoms with E-state index in [1.54, 1.807) is 0 Å². The van der Waals surface area contributed by atoms with E-state index in [0.717, 1.165) is 22.4 Å². The molecule has 1 nitrogen and oxygen atoms in total. The van der Waals surface area contributed by atoms with E-state index < -0.39 is 0 Å². The van der Waals surface area contributed by atoms with Gasteiger partial charge in [-0.25, -0.2) is 0 Å². The molecule has 0 saturated carbocycles. The van der Waals surface area contributed by atoms with Crippen molar-refractivity contribution in [3.8, 4) is 11.1 Å². The first-order valence-electron chi connectivity index (χ1n) is 9.00. The van der Waals surface area contributed by atoms with Gasteiger partial charge in [-0.1, -0.05) is 102 Å². The van der Waals surface area contributed by atoms with Crippen LogP contribution in [0.2, 0.25) is 0 Å². The fraction of sp³-hybridized carbons (Fsp3) is 0.435. The highest BCUT2D eigenvalue weighted by atomic mass is 32.2. The molecule has 0 amide bonds. The van der Waals surface area contributed by atoms with Crippen molar-refractivity contribution in [2.24, 2.45) is 16.7 Å². The molecule has 0 aliphatic carbocycles. The molecule has 25 heavy (non-hydrogen) atoms. The van der Waals surface area contributed by atoms with Gasteiger partial charge in [0.1, 0.15) is 0 Å². The van der Waals surface area contributed by atoms with E-state index >= 15 is 0 Å². The molecule has 2 aromatic carbocycles. The molecule has 0 aromatic heterocycles. The average Bonchev–Trinajstić information content (AvgIpc) is 2.54. The van der Waals surface area contributed by atoms with E-state index in [-0.39, 0.29) is 15.9 Å². The van der Waals surface area contributed by atoms with Crippen molar-refractivity contribution in [2.75, 3.05) is 0 Å². The highest BCUT2D eigenvalue weighted by molar-refractivity contribution is 8.13. The van der Waals surface area contributed by atoms with Gasteiger partial charge in [-0.3, -0.25) is 4.79 Å². The lowest BCUT2D eigenvalue weighted by atomic mass is 9.69. The van der Waals surface area contributed by atoms with Gasteiger partial charge >= 0.3 is 0 Å². The lowest BCUT2D eigenvalue weighted by Crippen LogP contribution is -2.35. The Balaban J connectivity index is 2.34. The van der Waals surface area contributed by atoms with Gasteiger partial charge in [0.2, 0.25) is 0 Å². The van der Waals surface area contributed by atoms with Gasteiger partial charge in [0.25, 0.3) is 0 Å². The predicted octanol–water partition coefficient (Wildman–Crippen LogP) is 7.07. The molecule has 0 fully saturated rings. The molecule has 0 bridgehead atoms. The number of hydrogen-bond acceptors (Lipinski definition) is 2. The quantitative estimate of drug-likeness (QED) is 0.534. The van der Waals surface area contributed by atoms with Crippen molar-refractivity contribution in [3.63, 3.8) is 0 Å². The summed E-state index contributed by atoms with van der Waals surface area (Å²) in [5.41, 5.74) is 2.06. The summed E-state index contributed by atoms with van der Waals surface area (Å²) in [6.07, 6.45) is 0.886. The maximum absolute atomic E-state index is 13.3. The van der Waals surface area contributed by atoms with Crippen LogP contribution in [0.25, 0.3) is 11.1 Å². The molecule has 0 spiro atoms. The molecule has 0 saturated heterocycles. The van der Waals surface area contributed by atoms with Crippen LogP contribution in [-0.2, 0) is 4.79 Å². The molecule has 0 radical (unpaired) electrons. The third kappa shape index (κ3) is 4.98. The molecule has 0 aliphatic rings. The van der Waals surface area contributed by atoms with Gasteiger partial charge in [0.05, 0.1) is 0 Å². The molecule has 2 heteroatoms. The van der Waals surface area contributed by atoms with Crippen LogP contribution >= 0.6 is 11.8 Å². The first kappa shape index (κ1) is 19.8. The zero-order valence-corrected chi connectivity index (χ0v) is 17.1. The second-order valence-corrected chi connectivity index (χ2v) is 9.58. The highest BCUT2D eigenvalue weighted by Gasteiger charge is 2.40. The first-order valence-corrected chi connectivity index (χ1v) is 9.82. The minimum atomic E-state index is -0.341. The summed E-state index contributed by atoms with van der Waals surface area (Å²) in [4.78, 5) is 14.3. The minimum Gasteiger partial charge on any atom is -0.286 e. The number of rotatable bonds is 5. The van der Waals surface area contributed by atoms with E-state index in [1.807, 2.05) is 30.3 Å². The standard InChI is InChI=1S/C23H30OS/c1-17(2)23(6,16-22(3,4)5)21(24)25-20-15-11-10-14-19(20)18-12-8-7-9-13-18/h7-15,17H,16H2,1-6H3. The van der Waals surface area contributed by atoms with E-state index in [0.29, 0.717) is 5.92 Å². The average molecular weight is 355 g/mol. The van der Waals surface area contributed by atoms with E-state index in [4.69, 9.17) is 0 Å². The smallest absolute Gasteiger partial charge is 0.199 e. The SMILES string of the molecule is CC(C)C(C)(CC(C)(C)C)C(=O)Sc1ccccc1-c1ccccc1. The maximum atomic E-state index is 13.3. The Kier molecular flexibility index (Phi) is 6.16. The molecule has 1 atom stereocenters. The highest BCUT2D eigenvalue weighted by Crippen LogP contribution is 2.45. The van der Waals surface area contributed by atoms with E-state index in [1.165, 1.54) is 11.8 Å². The summed E-state index contributed by atoms with van der Waals surface area (Å²) in [6.45, 7) is 13.1. The third-order valence-corrected chi connectivity index (χ3v) is 6.04. The number of thioether (sulfide) groups is 1. The van der Waals surface area contributed by atoms with Crippen LogP contribution in [0, 0.1) is 16.7 Å². The number of carbonyl (C=O) groups excluding carboxylic acids is 1. The minimum absolute atomic E-state index is 0.119. The van der Waals surface area contributed by atoms with Crippen LogP contribution in [0.5, 0.6) is 0 Å². The monoisotopic (exact) mass is 354 g/mol. The van der Waals surface area contributed by atoms with Crippen LogP contribution < -0.4 is 0 Å². The Morgan fingerprint density at radius 3 is 2.04 bits per heavy atom. The van der Waals surface area contributed by atoms with Gasteiger partial charge in [-0.2, -0.15) is 0 Å². The lowest BCUT2D eigenvalue weighted by Gasteiger charge is -2.37. The largest absolute Gasteiger partial charge is 0.286 e. The summed E-state index contributed by atoms with van der Waals surface area (Å²) in [5, 5.41) is 0.265. The van der Waals surface area contributed by atoms with Gasteiger partial charge in [-0.05, 0) is 34.9 Å². The topological polar surface area (TPSA) is 17.1 Å². The summed E-state index contributed by atoms with van der Waals surface area (Å²) < 4.78 is 0. The van der Waals surface area contributed by atoms with Gasteiger partial charge in [0, 0.05) is 10.3 Å². The Labute approximate surface area is 157 Å². The van der Waals surface area contributed by atoms with Gasteiger partial charge in [-0.15, -0.1) is 0 Å². The Morgan fingerprint density at radius 2 is 1.48 bits per heavy atom. The second-order valence-electron chi connectivity index (χ2n) is 8.56. The van der Waals surface area contributed by atoms with Crippen LogP contribution in [-0.4, -0.2) is 5.12 Å². The van der Waals surface area contributed by atoms with Crippen LogP contribution in [0.3, 0.4) is 0 Å². The molecule has 2 aromatic rings. The summed E-state index contributed by atoms with van der Waals surface area (Å²) in [6, 6.07) is 18.5. The van der Waals surface area contributed by atoms with Crippen LogP contribution in [0.4, 0.5) is 0 Å². The summed E-state index contributed by atoms with van der Waals surface area (Å²) in [5.74, 6) is 0.301. The first-order chi connectivity index (χ1) is 11.6. The zero-order chi connectivity index (χ0) is 18.7. The lowest BCUT2D eigenvalue weighted by molar-refractivity contribution is -0.122. The molecule has 0 N–H and O–H groups in total. The van der Waals surface area contributed by atoms with Crippen LogP contribution in [0.15, 0.2) is 59.5 Å². The van der Waals surface area contributed by atoms with Gasteiger partial charge < -0.3 is 0 Å². The molecule has 134 valence electrons. The Bertz CT molecular complexity index is 712. The summed E-state index contributed by atoms with van der Waals surface area (Å²) in [7, 11) is 0. The molecule has 2 rings (SSSR count). The van der Waals surface area contributed by atoms with Crippen molar-refractivity contribution in [2.45, 2.75) is 52.9 Å².